The van der Waals surface area contributed by atoms with Crippen molar-refractivity contribution < 1.29 is 4.39 Å². The van der Waals surface area contributed by atoms with Gasteiger partial charge in [0.1, 0.15) is 23.0 Å². The molecule has 8 heteroatoms. The summed E-state index contributed by atoms with van der Waals surface area (Å²) in [4.78, 5) is 13.5. The third kappa shape index (κ3) is 3.90. The molecule has 0 aliphatic rings. The summed E-state index contributed by atoms with van der Waals surface area (Å²) in [5, 5.41) is 7.80. The van der Waals surface area contributed by atoms with Crippen LogP contribution in [0.1, 0.15) is 22.5 Å². The van der Waals surface area contributed by atoms with E-state index in [-0.39, 0.29) is 11.7 Å². The van der Waals surface area contributed by atoms with E-state index in [0.717, 1.165) is 6.34 Å². The molecule has 2 aromatic heterocycles. The van der Waals surface area contributed by atoms with Gasteiger partial charge >= 0.3 is 0 Å². The largest absolute Gasteiger partial charge is 0.402 e. The van der Waals surface area contributed by atoms with Crippen LogP contribution in [0.15, 0.2) is 59.4 Å². The summed E-state index contributed by atoms with van der Waals surface area (Å²) in [6.07, 6.45) is 2.55. The van der Waals surface area contributed by atoms with Crippen molar-refractivity contribution in [2.45, 2.75) is 6.92 Å². The highest BCUT2D eigenvalue weighted by atomic mass is 32.1. The van der Waals surface area contributed by atoms with E-state index in [0.29, 0.717) is 38.1 Å². The maximum absolute atomic E-state index is 13.3. The van der Waals surface area contributed by atoms with Gasteiger partial charge in [0.25, 0.3) is 0 Å². The minimum Gasteiger partial charge on any atom is -0.402 e. The lowest BCUT2D eigenvalue weighted by Gasteiger charge is -2.05. The molecule has 0 aliphatic carbocycles. The Bertz CT molecular complexity index is 1020. The van der Waals surface area contributed by atoms with E-state index in [4.69, 9.17) is 21.9 Å². The Morgan fingerprint density at radius 1 is 1.19 bits per heavy atom. The quantitative estimate of drug-likeness (QED) is 0.465. The maximum atomic E-state index is 13.3. The van der Waals surface area contributed by atoms with Gasteiger partial charge in [-0.05, 0) is 43.3 Å². The minimum atomic E-state index is -0.344. The molecule has 0 radical (unpaired) electrons. The van der Waals surface area contributed by atoms with Gasteiger partial charge in [-0.1, -0.05) is 6.07 Å². The van der Waals surface area contributed by atoms with Crippen molar-refractivity contribution in [1.82, 2.24) is 9.97 Å². The summed E-state index contributed by atoms with van der Waals surface area (Å²) >= 11 is 1.30. The Kier molecular flexibility index (Phi) is 5.37. The molecule has 1 aromatic carbocycles. The van der Waals surface area contributed by atoms with Crippen molar-refractivity contribution in [3.05, 3.63) is 75.8 Å². The average molecular weight is 380 g/mol. The van der Waals surface area contributed by atoms with Gasteiger partial charge in [0.15, 0.2) is 0 Å². The summed E-state index contributed by atoms with van der Waals surface area (Å²) in [6, 6.07) is 11.5. The van der Waals surface area contributed by atoms with E-state index in [2.05, 4.69) is 9.98 Å². The number of allylic oxidation sites excluding steroid dienone is 1. The lowest BCUT2D eigenvalue weighted by atomic mass is 10.1. The highest BCUT2D eigenvalue weighted by Gasteiger charge is 2.20. The molecule has 0 bridgehead atoms. The van der Waals surface area contributed by atoms with Gasteiger partial charge in [-0.25, -0.2) is 14.4 Å². The van der Waals surface area contributed by atoms with Crippen LogP contribution in [0.2, 0.25) is 0 Å². The molecule has 136 valence electrons. The second-order valence-electron chi connectivity index (χ2n) is 5.62. The molecule has 0 spiro atoms. The monoisotopic (exact) mass is 380 g/mol. The second kappa shape index (κ2) is 7.88. The molecular weight excluding hydrogens is 363 g/mol. The van der Waals surface area contributed by atoms with Crippen LogP contribution in [-0.4, -0.2) is 22.1 Å². The number of hydrogen-bond acceptors (Lipinski definition) is 5. The first kappa shape index (κ1) is 18.4. The van der Waals surface area contributed by atoms with E-state index in [1.165, 1.54) is 23.5 Å². The van der Waals surface area contributed by atoms with Crippen LogP contribution in [0.25, 0.3) is 16.8 Å². The lowest BCUT2D eigenvalue weighted by Crippen LogP contribution is -2.12. The molecule has 6 nitrogen and oxygen atoms in total. The number of benzene rings is 1. The summed E-state index contributed by atoms with van der Waals surface area (Å²) < 4.78 is 13.3. The maximum Gasteiger partial charge on any atom is 0.144 e. The predicted octanol–water partition coefficient (Wildman–Crippen LogP) is 3.39. The average Bonchev–Trinajstić information content (AvgIpc) is 3.08. The van der Waals surface area contributed by atoms with Crippen molar-refractivity contribution >= 4 is 29.1 Å². The molecule has 0 saturated heterocycles. The van der Waals surface area contributed by atoms with Crippen molar-refractivity contribution in [2.75, 3.05) is 0 Å². The fourth-order valence-corrected chi connectivity index (χ4v) is 3.64. The van der Waals surface area contributed by atoms with Gasteiger partial charge in [-0.2, -0.15) is 0 Å². The molecule has 3 aromatic rings. The molecule has 5 N–H and O–H groups in total. The summed E-state index contributed by atoms with van der Waals surface area (Å²) in [5.41, 5.74) is 15.3. The number of amidine groups is 1. The molecule has 2 heterocycles. The van der Waals surface area contributed by atoms with Crippen LogP contribution in [0.4, 0.5) is 4.39 Å². The van der Waals surface area contributed by atoms with E-state index >= 15 is 0 Å². The van der Waals surface area contributed by atoms with Crippen molar-refractivity contribution in [3.8, 4) is 11.3 Å². The topological polar surface area (TPSA) is 114 Å². The Balaban J connectivity index is 2.22. The first-order valence-electron chi connectivity index (χ1n) is 7.98. The highest BCUT2D eigenvalue weighted by Crippen LogP contribution is 2.34. The summed E-state index contributed by atoms with van der Waals surface area (Å²) in [7, 11) is 0. The number of nitrogens with one attached hydrogen (secondary N) is 1. The van der Waals surface area contributed by atoms with Crippen LogP contribution in [0.3, 0.4) is 0 Å². The minimum absolute atomic E-state index is 0.156. The molecule has 0 atom stereocenters. The van der Waals surface area contributed by atoms with Crippen molar-refractivity contribution in [2.24, 2.45) is 16.5 Å². The number of nitrogens with two attached hydrogens (primary N) is 2. The van der Waals surface area contributed by atoms with Gasteiger partial charge in [-0.15, -0.1) is 11.3 Å². The third-order valence-corrected chi connectivity index (χ3v) is 4.81. The molecule has 27 heavy (non-hydrogen) atoms. The van der Waals surface area contributed by atoms with Crippen LogP contribution in [-0.2, 0) is 0 Å². The molecule has 0 amide bonds. The number of halogens is 1. The predicted molar refractivity (Wildman–Crippen MR) is 107 cm³/mol. The molecule has 3 rings (SSSR count). The van der Waals surface area contributed by atoms with E-state index < -0.39 is 0 Å². The zero-order valence-corrected chi connectivity index (χ0v) is 15.3. The Morgan fingerprint density at radius 3 is 2.52 bits per heavy atom. The normalized spacial score (nSPS) is 12.6. The number of hydrogen-bond donors (Lipinski definition) is 3. The molecule has 0 fully saturated rings. The number of thiazole rings is 1. The van der Waals surface area contributed by atoms with Gasteiger partial charge in [0, 0.05) is 17.5 Å². The third-order valence-electron chi connectivity index (χ3n) is 3.71. The smallest absolute Gasteiger partial charge is 0.144 e. The number of pyridine rings is 1. The molecule has 0 aliphatic heterocycles. The fraction of sp³-hybridized carbons (Fsp3) is 0.0526. The lowest BCUT2D eigenvalue weighted by molar-refractivity contribution is 0.628. The van der Waals surface area contributed by atoms with Gasteiger partial charge in [-0.3, -0.25) is 10.4 Å². The Morgan fingerprint density at radius 2 is 1.93 bits per heavy atom. The standard InChI is InChI=1S/C19H17FN6S/c1-11(22)15(14-4-2-3-9-24-14)19-26-16(12-5-7-13(20)8-6-12)17(27-19)18(23)25-10-21/h2-10H,22H2,1H3,(H3,21,23,25). The number of nitrogens with zero attached hydrogens (tertiary/aromatic N) is 3. The molecule has 0 unspecified atom stereocenters. The number of aromatic nitrogens is 2. The zero-order valence-electron chi connectivity index (χ0n) is 14.5. The fourth-order valence-electron chi connectivity index (χ4n) is 2.52. The van der Waals surface area contributed by atoms with Crippen molar-refractivity contribution in [1.29, 1.82) is 5.41 Å². The SMILES string of the molecule is CC(N)=C(c1ccccn1)c1nc(-c2ccc(F)cc2)c(C(N)=NC=N)s1. The van der Waals surface area contributed by atoms with E-state index in [9.17, 15) is 4.39 Å². The summed E-state index contributed by atoms with van der Waals surface area (Å²) in [5.74, 6) is -0.188. The highest BCUT2D eigenvalue weighted by molar-refractivity contribution is 7.15. The number of rotatable bonds is 5. The van der Waals surface area contributed by atoms with Crippen LogP contribution >= 0.6 is 11.3 Å². The van der Waals surface area contributed by atoms with Crippen molar-refractivity contribution in [3.63, 3.8) is 0 Å². The van der Waals surface area contributed by atoms with Gasteiger partial charge in [0.2, 0.25) is 0 Å². The second-order valence-corrected chi connectivity index (χ2v) is 6.62. The zero-order chi connectivity index (χ0) is 19.4. The Hall–Kier alpha value is -3.39. The van der Waals surface area contributed by atoms with E-state index in [1.54, 1.807) is 25.3 Å². The van der Waals surface area contributed by atoms with Crippen LogP contribution in [0.5, 0.6) is 0 Å². The van der Waals surface area contributed by atoms with E-state index in [1.807, 2.05) is 18.2 Å². The van der Waals surface area contributed by atoms with Crippen LogP contribution < -0.4 is 11.5 Å². The van der Waals surface area contributed by atoms with Gasteiger partial charge < -0.3 is 11.5 Å². The first-order valence-corrected chi connectivity index (χ1v) is 8.80. The van der Waals surface area contributed by atoms with Gasteiger partial charge in [0.05, 0.1) is 21.8 Å². The number of aliphatic imine (C=N–C) groups is 1. The van der Waals surface area contributed by atoms with Crippen LogP contribution in [0, 0.1) is 11.2 Å². The first-order chi connectivity index (χ1) is 13.0. The summed E-state index contributed by atoms with van der Waals surface area (Å²) in [6.45, 7) is 1.78. The molecule has 0 saturated carbocycles. The molecular formula is C19H17FN6S. The Labute approximate surface area is 159 Å².